The molecule has 1 aliphatic heterocycles. The maximum atomic E-state index is 13.3. The highest BCUT2D eigenvalue weighted by Gasteiger charge is 2.28. The highest BCUT2D eigenvalue weighted by atomic mass is 32.1. The van der Waals surface area contributed by atoms with Crippen LogP contribution in [0.15, 0.2) is 53.9 Å². The van der Waals surface area contributed by atoms with Crippen molar-refractivity contribution in [2.24, 2.45) is 0 Å². The number of likely N-dealkylation sites (tertiary alicyclic amines) is 1. The molecule has 1 fully saturated rings. The number of nitrogens with one attached hydrogen (secondary N) is 2. The van der Waals surface area contributed by atoms with Gasteiger partial charge in [0.15, 0.2) is 0 Å². The Labute approximate surface area is 214 Å². The normalized spacial score (nSPS) is 15.9. The van der Waals surface area contributed by atoms with Gasteiger partial charge in [-0.2, -0.15) is 5.10 Å². The summed E-state index contributed by atoms with van der Waals surface area (Å²) in [5.74, 6) is -0.197. The number of benzene rings is 2. The molecule has 1 unspecified atom stereocenters. The Balaban J connectivity index is 1.46. The Morgan fingerprint density at radius 2 is 2.00 bits per heavy atom. The monoisotopic (exact) mass is 499 g/mol. The molecule has 184 valence electrons. The van der Waals surface area contributed by atoms with Gasteiger partial charge in [-0.05, 0) is 74.3 Å². The highest BCUT2D eigenvalue weighted by Crippen LogP contribution is 2.26. The Bertz CT molecular complexity index is 1450. The van der Waals surface area contributed by atoms with E-state index in [4.69, 9.17) is 0 Å². The standard InChI is InChI=1S/C28H29N5O2S/c1-18-13-15-36-26(18)27(34)29-25-16-20(28(35)33-14-12-21(17-33)32(2)3)9-8-19(25)10-11-24-22-6-4-5-7-23(22)30-31-24/h4-11,13,15-16,21H,12,14,17H2,1-3H3,(H,29,34)(H,30,31). The SMILES string of the molecule is Cc1ccsc1C(=O)Nc1cc(C(=O)N2CCC(N(C)C)C2)ccc1C=Cc1n[nH]c2ccccc12. The molecule has 3 heterocycles. The molecule has 2 amide bonds. The second kappa shape index (κ2) is 10.1. The minimum Gasteiger partial charge on any atom is -0.337 e. The first-order valence-corrected chi connectivity index (χ1v) is 12.8. The number of hydrogen-bond donors (Lipinski definition) is 2. The lowest BCUT2D eigenvalue weighted by Gasteiger charge is -2.21. The van der Waals surface area contributed by atoms with Crippen LogP contribution in [-0.2, 0) is 0 Å². The van der Waals surface area contributed by atoms with Crippen molar-refractivity contribution in [1.82, 2.24) is 20.0 Å². The molecular weight excluding hydrogens is 470 g/mol. The first-order chi connectivity index (χ1) is 17.4. The van der Waals surface area contributed by atoms with Crippen LogP contribution in [0.4, 0.5) is 5.69 Å². The predicted octanol–water partition coefficient (Wildman–Crippen LogP) is 5.13. The van der Waals surface area contributed by atoms with Gasteiger partial charge >= 0.3 is 0 Å². The number of hydrogen-bond acceptors (Lipinski definition) is 5. The van der Waals surface area contributed by atoms with Crippen LogP contribution in [-0.4, -0.2) is 65.0 Å². The summed E-state index contributed by atoms with van der Waals surface area (Å²) in [7, 11) is 4.09. The number of aromatic amines is 1. The summed E-state index contributed by atoms with van der Waals surface area (Å²) < 4.78 is 0. The molecule has 1 aliphatic rings. The second-order valence-electron chi connectivity index (χ2n) is 9.33. The summed E-state index contributed by atoms with van der Waals surface area (Å²) in [4.78, 5) is 31.1. The first kappa shape index (κ1) is 24.0. The fourth-order valence-electron chi connectivity index (χ4n) is 4.54. The van der Waals surface area contributed by atoms with Crippen LogP contribution in [0.2, 0.25) is 0 Å². The zero-order valence-corrected chi connectivity index (χ0v) is 21.4. The number of anilines is 1. The number of aromatic nitrogens is 2. The second-order valence-corrected chi connectivity index (χ2v) is 10.3. The first-order valence-electron chi connectivity index (χ1n) is 12.0. The molecule has 2 aromatic heterocycles. The Kier molecular flexibility index (Phi) is 6.71. The number of aryl methyl sites for hydroxylation is 1. The molecule has 2 N–H and O–H groups in total. The van der Waals surface area contributed by atoms with Crippen molar-refractivity contribution >= 4 is 51.9 Å². The predicted molar refractivity (Wildman–Crippen MR) is 146 cm³/mol. The van der Waals surface area contributed by atoms with Gasteiger partial charge in [0.2, 0.25) is 0 Å². The molecule has 0 spiro atoms. The molecule has 2 aromatic carbocycles. The van der Waals surface area contributed by atoms with Gasteiger partial charge in [-0.25, -0.2) is 0 Å². The number of fused-ring (bicyclic) bond motifs is 1. The Hall–Kier alpha value is -3.75. The van der Waals surface area contributed by atoms with Gasteiger partial charge in [0.1, 0.15) is 0 Å². The molecule has 7 nitrogen and oxygen atoms in total. The number of carbonyl (C=O) groups excluding carboxylic acids is 2. The molecule has 5 rings (SSSR count). The summed E-state index contributed by atoms with van der Waals surface area (Å²) >= 11 is 1.41. The van der Waals surface area contributed by atoms with Crippen molar-refractivity contribution in [3.8, 4) is 0 Å². The highest BCUT2D eigenvalue weighted by molar-refractivity contribution is 7.12. The molecule has 0 saturated carbocycles. The quantitative estimate of drug-likeness (QED) is 0.385. The summed E-state index contributed by atoms with van der Waals surface area (Å²) in [6.07, 6.45) is 4.80. The summed E-state index contributed by atoms with van der Waals surface area (Å²) in [6, 6.07) is 15.7. The topological polar surface area (TPSA) is 81.3 Å². The van der Waals surface area contributed by atoms with E-state index < -0.39 is 0 Å². The van der Waals surface area contributed by atoms with E-state index in [1.807, 2.05) is 85.9 Å². The van der Waals surface area contributed by atoms with E-state index >= 15 is 0 Å². The van der Waals surface area contributed by atoms with Gasteiger partial charge in [0, 0.05) is 35.8 Å². The molecule has 8 heteroatoms. The van der Waals surface area contributed by atoms with Crippen LogP contribution in [0, 0.1) is 6.92 Å². The van der Waals surface area contributed by atoms with Gasteiger partial charge in [0.25, 0.3) is 11.8 Å². The maximum Gasteiger partial charge on any atom is 0.266 e. The summed E-state index contributed by atoms with van der Waals surface area (Å²) in [6.45, 7) is 3.35. The van der Waals surface area contributed by atoms with E-state index in [0.717, 1.165) is 40.7 Å². The van der Waals surface area contributed by atoms with Gasteiger partial charge in [-0.15, -0.1) is 11.3 Å². The van der Waals surface area contributed by atoms with Crippen molar-refractivity contribution in [1.29, 1.82) is 0 Å². The summed E-state index contributed by atoms with van der Waals surface area (Å²) in [5.41, 5.74) is 4.66. The van der Waals surface area contributed by atoms with Crippen LogP contribution in [0.3, 0.4) is 0 Å². The minimum absolute atomic E-state index is 0.0176. The molecule has 1 saturated heterocycles. The molecule has 0 aliphatic carbocycles. The van der Waals surface area contributed by atoms with E-state index in [1.165, 1.54) is 11.3 Å². The van der Waals surface area contributed by atoms with Crippen LogP contribution in [0.1, 0.15) is 43.3 Å². The van der Waals surface area contributed by atoms with E-state index in [-0.39, 0.29) is 11.8 Å². The lowest BCUT2D eigenvalue weighted by atomic mass is 10.1. The lowest BCUT2D eigenvalue weighted by molar-refractivity contribution is 0.0782. The molecule has 1 atom stereocenters. The van der Waals surface area contributed by atoms with Crippen molar-refractivity contribution in [2.45, 2.75) is 19.4 Å². The van der Waals surface area contributed by atoms with Gasteiger partial charge in [-0.3, -0.25) is 14.7 Å². The van der Waals surface area contributed by atoms with Crippen LogP contribution < -0.4 is 5.32 Å². The van der Waals surface area contributed by atoms with Crippen molar-refractivity contribution in [3.63, 3.8) is 0 Å². The average Bonchev–Trinajstić information content (AvgIpc) is 3.62. The third-order valence-electron chi connectivity index (χ3n) is 6.72. The van der Waals surface area contributed by atoms with Crippen LogP contribution in [0.5, 0.6) is 0 Å². The van der Waals surface area contributed by atoms with Gasteiger partial charge in [-0.1, -0.05) is 30.3 Å². The zero-order valence-electron chi connectivity index (χ0n) is 20.6. The lowest BCUT2D eigenvalue weighted by Crippen LogP contribution is -2.34. The third kappa shape index (κ3) is 4.82. The van der Waals surface area contributed by atoms with Gasteiger partial charge in [0.05, 0.1) is 16.1 Å². The van der Waals surface area contributed by atoms with Crippen molar-refractivity contribution in [3.05, 3.63) is 81.2 Å². The van der Waals surface area contributed by atoms with E-state index in [9.17, 15) is 9.59 Å². The number of amides is 2. The third-order valence-corrected chi connectivity index (χ3v) is 7.73. The zero-order chi connectivity index (χ0) is 25.2. The number of rotatable bonds is 6. The van der Waals surface area contributed by atoms with Crippen molar-refractivity contribution in [2.75, 3.05) is 32.5 Å². The van der Waals surface area contributed by atoms with Crippen molar-refractivity contribution < 1.29 is 9.59 Å². The number of likely N-dealkylation sites (N-methyl/N-ethyl adjacent to an activating group) is 1. The fourth-order valence-corrected chi connectivity index (χ4v) is 5.36. The van der Waals surface area contributed by atoms with E-state index in [2.05, 4.69) is 20.4 Å². The molecule has 0 radical (unpaired) electrons. The summed E-state index contributed by atoms with van der Waals surface area (Å²) in [5, 5.41) is 13.4. The number of nitrogens with zero attached hydrogens (tertiary/aromatic N) is 3. The molecular formula is C28H29N5O2S. The number of para-hydroxylation sites is 1. The number of carbonyl (C=O) groups is 2. The molecule has 36 heavy (non-hydrogen) atoms. The van der Waals surface area contributed by atoms with Gasteiger partial charge < -0.3 is 15.1 Å². The van der Waals surface area contributed by atoms with Crippen LogP contribution >= 0.6 is 11.3 Å². The smallest absolute Gasteiger partial charge is 0.266 e. The number of thiophene rings is 1. The van der Waals surface area contributed by atoms with E-state index in [1.54, 1.807) is 6.07 Å². The Morgan fingerprint density at radius 1 is 1.17 bits per heavy atom. The number of H-pyrrole nitrogens is 1. The fraction of sp³-hybridized carbons (Fsp3) is 0.250. The van der Waals surface area contributed by atoms with E-state index in [0.29, 0.717) is 28.7 Å². The maximum absolute atomic E-state index is 13.3. The van der Waals surface area contributed by atoms with Crippen LogP contribution in [0.25, 0.3) is 23.1 Å². The molecule has 4 aromatic rings. The largest absolute Gasteiger partial charge is 0.337 e. The minimum atomic E-state index is -0.180. The Morgan fingerprint density at radius 3 is 2.75 bits per heavy atom. The molecule has 0 bridgehead atoms. The average molecular weight is 500 g/mol.